The van der Waals surface area contributed by atoms with Crippen LogP contribution in [0, 0.1) is 0 Å². The van der Waals surface area contributed by atoms with Gasteiger partial charge in [-0.1, -0.05) is 11.6 Å². The molecule has 24 heavy (non-hydrogen) atoms. The lowest BCUT2D eigenvalue weighted by atomic mass is 10.2. The van der Waals surface area contributed by atoms with Crippen LogP contribution in [0.15, 0.2) is 23.1 Å². The molecule has 134 valence electrons. The summed E-state index contributed by atoms with van der Waals surface area (Å²) in [5, 5.41) is 7.40. The van der Waals surface area contributed by atoms with Crippen molar-refractivity contribution in [1.29, 1.82) is 0 Å². The third-order valence-electron chi connectivity index (χ3n) is 3.37. The second-order valence-corrected chi connectivity index (χ2v) is 6.22. The van der Waals surface area contributed by atoms with Gasteiger partial charge in [0.15, 0.2) is 0 Å². The summed E-state index contributed by atoms with van der Waals surface area (Å²) in [5.41, 5.74) is 2.02. The highest BCUT2D eigenvalue weighted by Crippen LogP contribution is 2.21. The lowest BCUT2D eigenvalue weighted by Crippen LogP contribution is -2.50. The number of nitrogens with one attached hydrogen (secondary N) is 1. The summed E-state index contributed by atoms with van der Waals surface area (Å²) in [4.78, 5) is 26.8. The van der Waals surface area contributed by atoms with E-state index in [-0.39, 0.29) is 27.3 Å². The molecule has 1 aliphatic rings. The maximum Gasteiger partial charge on any atom is 0.254 e. The van der Waals surface area contributed by atoms with Gasteiger partial charge in [0.2, 0.25) is 5.91 Å². The Labute approximate surface area is 147 Å². The van der Waals surface area contributed by atoms with Crippen LogP contribution in [0.25, 0.3) is 0 Å². The summed E-state index contributed by atoms with van der Waals surface area (Å²) in [6.07, 6.45) is 0. The maximum atomic E-state index is 12.3. The second-order valence-electron chi connectivity index (χ2n) is 4.90. The van der Waals surface area contributed by atoms with E-state index in [1.165, 1.54) is 32.2 Å². The number of halogens is 1. The summed E-state index contributed by atoms with van der Waals surface area (Å²) in [6, 6.07) is 4.16. The third kappa shape index (κ3) is 5.53. The van der Waals surface area contributed by atoms with Crippen LogP contribution in [-0.2, 0) is 15.9 Å². The average molecular weight is 377 g/mol. The molecule has 1 atom stereocenters. The minimum atomic E-state index is -2.49. The number of piperazine rings is 1. The molecule has 1 fully saturated rings. The largest absolute Gasteiger partial charge is 0.768 e. The molecule has 0 aromatic heterocycles. The first-order valence-corrected chi connectivity index (χ1v) is 8.51. The van der Waals surface area contributed by atoms with E-state index in [4.69, 9.17) is 16.8 Å². The van der Waals surface area contributed by atoms with E-state index in [0.29, 0.717) is 26.2 Å². The van der Waals surface area contributed by atoms with Crippen molar-refractivity contribution in [2.24, 2.45) is 0 Å². The quantitative estimate of drug-likeness (QED) is 0.573. The topological polar surface area (TPSA) is 113 Å². The molecule has 2 rings (SSSR count). The molecule has 1 aliphatic heterocycles. The van der Waals surface area contributed by atoms with Gasteiger partial charge < -0.3 is 19.6 Å². The van der Waals surface area contributed by atoms with Gasteiger partial charge in [-0.3, -0.25) is 13.8 Å². The highest BCUT2D eigenvalue weighted by molar-refractivity contribution is 7.79. The van der Waals surface area contributed by atoms with E-state index in [2.05, 4.69) is 0 Å². The van der Waals surface area contributed by atoms with E-state index in [1.54, 1.807) is 15.3 Å². The molecule has 0 bridgehead atoms. The number of hydrogen-bond acceptors (Lipinski definition) is 6. The summed E-state index contributed by atoms with van der Waals surface area (Å²) in [7, 11) is 1.43. The van der Waals surface area contributed by atoms with Crippen LogP contribution in [0.5, 0.6) is 0 Å². The van der Waals surface area contributed by atoms with E-state index in [9.17, 15) is 18.4 Å². The molecule has 1 unspecified atom stereocenters. The minimum Gasteiger partial charge on any atom is -0.768 e. The van der Waals surface area contributed by atoms with Crippen molar-refractivity contribution in [2.75, 3.05) is 33.2 Å². The van der Waals surface area contributed by atoms with Crippen molar-refractivity contribution in [1.82, 2.24) is 15.3 Å². The molecule has 0 spiro atoms. The first kappa shape index (κ1) is 20.5. The predicted octanol–water partition coefficient (Wildman–Crippen LogP) is 0.477. The van der Waals surface area contributed by atoms with Gasteiger partial charge in [0, 0.05) is 50.6 Å². The molecule has 10 heteroatoms. The molecular weight excluding hydrogens is 358 g/mol. The van der Waals surface area contributed by atoms with Gasteiger partial charge in [-0.15, -0.1) is 0 Å². The smallest absolute Gasteiger partial charge is 0.254 e. The first-order valence-electron chi connectivity index (χ1n) is 7.06. The summed E-state index contributed by atoms with van der Waals surface area (Å²) in [6.45, 7) is 3.31. The van der Waals surface area contributed by atoms with Gasteiger partial charge in [-0.25, -0.2) is 5.48 Å². The molecule has 1 saturated heterocycles. The van der Waals surface area contributed by atoms with Gasteiger partial charge in [0.25, 0.3) is 5.91 Å². The zero-order valence-corrected chi connectivity index (χ0v) is 14.9. The maximum absolute atomic E-state index is 12.3. The zero-order valence-electron chi connectivity index (χ0n) is 13.3. The monoisotopic (exact) mass is 376 g/mol. The Morgan fingerprint density at radius 3 is 2.21 bits per heavy atom. The van der Waals surface area contributed by atoms with Gasteiger partial charge in [0.05, 0.1) is 5.02 Å². The molecular formula is C14H19ClN3O5S-. The van der Waals surface area contributed by atoms with E-state index in [1.807, 2.05) is 0 Å². The fraction of sp³-hybridized carbons (Fsp3) is 0.429. The molecule has 2 N–H and O–H groups in total. The summed E-state index contributed by atoms with van der Waals surface area (Å²) < 4.78 is 22.1. The van der Waals surface area contributed by atoms with Crippen LogP contribution >= 0.6 is 11.6 Å². The van der Waals surface area contributed by atoms with Crippen molar-refractivity contribution in [3.8, 4) is 0 Å². The molecule has 1 heterocycles. The Balaban J connectivity index is 0.000000891. The van der Waals surface area contributed by atoms with Crippen LogP contribution in [0.4, 0.5) is 0 Å². The van der Waals surface area contributed by atoms with Crippen molar-refractivity contribution in [2.45, 2.75) is 11.8 Å². The average Bonchev–Trinajstić information content (AvgIpc) is 2.55. The highest BCUT2D eigenvalue weighted by atomic mass is 35.5. The van der Waals surface area contributed by atoms with Crippen molar-refractivity contribution >= 4 is 34.5 Å². The molecule has 0 saturated carbocycles. The molecule has 1 aromatic rings. The van der Waals surface area contributed by atoms with Crippen LogP contribution in [0.1, 0.15) is 17.3 Å². The fourth-order valence-corrected chi connectivity index (χ4v) is 2.93. The summed E-state index contributed by atoms with van der Waals surface area (Å²) >= 11 is 3.28. The molecule has 1 aromatic carbocycles. The van der Waals surface area contributed by atoms with Crippen LogP contribution in [-0.4, -0.2) is 68.8 Å². The number of carbonyl (C=O) groups excluding carboxylic acids is 2. The Bertz CT molecular complexity index is 620. The zero-order chi connectivity index (χ0) is 18.3. The number of rotatable bonds is 2. The van der Waals surface area contributed by atoms with E-state index < -0.39 is 11.1 Å². The second kappa shape index (κ2) is 9.70. The number of hydroxylamine groups is 1. The Kier molecular flexibility index (Phi) is 8.29. The van der Waals surface area contributed by atoms with Gasteiger partial charge in [-0.2, -0.15) is 0 Å². The molecule has 8 nitrogen and oxygen atoms in total. The van der Waals surface area contributed by atoms with Gasteiger partial charge >= 0.3 is 0 Å². The predicted molar refractivity (Wildman–Crippen MR) is 87.6 cm³/mol. The van der Waals surface area contributed by atoms with E-state index >= 15 is 0 Å². The lowest BCUT2D eigenvalue weighted by molar-refractivity contribution is -0.130. The van der Waals surface area contributed by atoms with Crippen LogP contribution in [0.3, 0.4) is 0 Å². The number of hydrogen-bond donors (Lipinski definition) is 2. The Morgan fingerprint density at radius 2 is 1.75 bits per heavy atom. The Hall–Kier alpha value is -1.52. The standard InChI is InChI=1S/C13H15ClN2O4S.CH5NO/c1-9(17)15-4-6-16(7-5-15)13(18)10-2-3-11(14)12(8-10)21(19)20;1-2-3/h2-3,8H,4-7H2,1H3,(H,19,20);2-3H,1H3/p-1. The Morgan fingerprint density at radius 1 is 1.25 bits per heavy atom. The molecule has 0 radical (unpaired) electrons. The first-order chi connectivity index (χ1) is 11.3. The third-order valence-corrected chi connectivity index (χ3v) is 4.51. The summed E-state index contributed by atoms with van der Waals surface area (Å²) in [5.74, 6) is -0.279. The molecule has 2 amide bonds. The van der Waals surface area contributed by atoms with E-state index in [0.717, 1.165) is 0 Å². The highest BCUT2D eigenvalue weighted by Gasteiger charge is 2.23. The number of benzene rings is 1. The van der Waals surface area contributed by atoms with Gasteiger partial charge in [-0.05, 0) is 29.3 Å². The number of amides is 2. The van der Waals surface area contributed by atoms with Crippen molar-refractivity contribution in [3.63, 3.8) is 0 Å². The normalized spacial score (nSPS) is 15.4. The van der Waals surface area contributed by atoms with Gasteiger partial charge in [0.1, 0.15) is 0 Å². The SMILES string of the molecule is CC(=O)N1CCN(C(=O)c2ccc(Cl)c(S(=O)[O-])c2)CC1.CNO. The van der Waals surface area contributed by atoms with Crippen LogP contribution < -0.4 is 5.48 Å². The number of carbonyl (C=O) groups is 2. The number of nitrogens with zero attached hydrogens (tertiary/aromatic N) is 2. The molecule has 0 aliphatic carbocycles. The lowest BCUT2D eigenvalue weighted by Gasteiger charge is -2.34. The van der Waals surface area contributed by atoms with Crippen molar-refractivity contribution < 1.29 is 23.6 Å². The fourth-order valence-electron chi connectivity index (χ4n) is 2.17. The van der Waals surface area contributed by atoms with Crippen molar-refractivity contribution in [3.05, 3.63) is 28.8 Å². The minimum absolute atomic E-state index is 0.0161. The van der Waals surface area contributed by atoms with Crippen LogP contribution in [0.2, 0.25) is 5.02 Å².